The van der Waals surface area contributed by atoms with Crippen molar-refractivity contribution in [2.24, 2.45) is 0 Å². The van der Waals surface area contributed by atoms with E-state index in [1.807, 2.05) is 31.2 Å². The lowest BCUT2D eigenvalue weighted by Crippen LogP contribution is -2.43. The molecule has 0 aliphatic carbocycles. The van der Waals surface area contributed by atoms with Crippen LogP contribution in [0.25, 0.3) is 0 Å². The summed E-state index contributed by atoms with van der Waals surface area (Å²) in [6.07, 6.45) is 0.395. The highest BCUT2D eigenvalue weighted by atomic mass is 19.1. The van der Waals surface area contributed by atoms with Crippen LogP contribution >= 0.6 is 0 Å². The Kier molecular flexibility index (Phi) is 4.81. The van der Waals surface area contributed by atoms with Crippen LogP contribution in [-0.4, -0.2) is 16.8 Å². The van der Waals surface area contributed by atoms with Crippen molar-refractivity contribution in [1.82, 2.24) is 10.2 Å². The zero-order chi connectivity index (χ0) is 18.9. The number of rotatable bonds is 5. The number of hydrogen-bond acceptors (Lipinski definition) is 2. The number of benzene rings is 2. The first-order valence-corrected chi connectivity index (χ1v) is 8.86. The number of carbonyl (C=O) groups is 2. The molecule has 5 heteroatoms. The van der Waals surface area contributed by atoms with Gasteiger partial charge in [0.1, 0.15) is 11.4 Å². The summed E-state index contributed by atoms with van der Waals surface area (Å²) in [4.78, 5) is 26.8. The third-order valence-corrected chi connectivity index (χ3v) is 5.03. The first kappa shape index (κ1) is 18.1. The standard InChI is InChI=1S/C21H23FN2O2/c1-4-21(17-9-11-18(22)12-10-17)19(25)24(20(26)23-21)13-15-5-7-16(8-6-15)14(2)3/h5-12,14H,4,13H2,1-3H3,(H,23,26)/t21-/m0/s1. The monoisotopic (exact) mass is 354 g/mol. The van der Waals surface area contributed by atoms with Crippen LogP contribution in [0, 0.1) is 5.82 Å². The lowest BCUT2D eigenvalue weighted by Gasteiger charge is -2.25. The number of nitrogens with one attached hydrogen (secondary N) is 1. The number of amides is 3. The van der Waals surface area contributed by atoms with E-state index in [0.717, 1.165) is 5.56 Å². The molecule has 0 saturated carbocycles. The predicted molar refractivity (Wildman–Crippen MR) is 98.0 cm³/mol. The van der Waals surface area contributed by atoms with E-state index in [4.69, 9.17) is 0 Å². The van der Waals surface area contributed by atoms with E-state index < -0.39 is 11.6 Å². The molecule has 2 aromatic rings. The van der Waals surface area contributed by atoms with E-state index in [9.17, 15) is 14.0 Å². The van der Waals surface area contributed by atoms with Crippen molar-refractivity contribution in [3.63, 3.8) is 0 Å². The lowest BCUT2D eigenvalue weighted by molar-refractivity contribution is -0.132. The number of imide groups is 1. The Morgan fingerprint density at radius 2 is 1.65 bits per heavy atom. The molecule has 136 valence electrons. The van der Waals surface area contributed by atoms with E-state index in [2.05, 4.69) is 19.2 Å². The smallest absolute Gasteiger partial charge is 0.319 e. The van der Waals surface area contributed by atoms with Crippen molar-refractivity contribution in [3.05, 3.63) is 71.0 Å². The molecule has 1 fully saturated rings. The first-order valence-electron chi connectivity index (χ1n) is 8.86. The minimum absolute atomic E-state index is 0.214. The summed E-state index contributed by atoms with van der Waals surface area (Å²) in [7, 11) is 0. The molecule has 3 rings (SSSR count). The van der Waals surface area contributed by atoms with Gasteiger partial charge in [-0.1, -0.05) is 57.2 Å². The van der Waals surface area contributed by atoms with Crippen LogP contribution in [0.15, 0.2) is 48.5 Å². The molecule has 1 heterocycles. The Hall–Kier alpha value is -2.69. The van der Waals surface area contributed by atoms with Gasteiger partial charge in [0, 0.05) is 0 Å². The van der Waals surface area contributed by atoms with Crippen molar-refractivity contribution >= 4 is 11.9 Å². The molecule has 1 aliphatic heterocycles. The van der Waals surface area contributed by atoms with E-state index in [1.54, 1.807) is 12.1 Å². The van der Waals surface area contributed by atoms with Crippen LogP contribution in [0.3, 0.4) is 0 Å². The normalized spacial score (nSPS) is 20.0. The Morgan fingerprint density at radius 1 is 1.04 bits per heavy atom. The summed E-state index contributed by atoms with van der Waals surface area (Å²) in [5.74, 6) is -0.254. The first-order chi connectivity index (χ1) is 12.4. The molecule has 3 amide bonds. The maximum Gasteiger partial charge on any atom is 0.325 e. The SMILES string of the molecule is CC[C@@]1(c2ccc(F)cc2)NC(=O)N(Cc2ccc(C(C)C)cc2)C1=O. The van der Waals surface area contributed by atoms with Gasteiger partial charge in [-0.15, -0.1) is 0 Å². The fraction of sp³-hybridized carbons (Fsp3) is 0.333. The number of carbonyl (C=O) groups excluding carboxylic acids is 2. The molecule has 0 radical (unpaired) electrons. The summed E-state index contributed by atoms with van der Waals surface area (Å²) in [6, 6.07) is 13.2. The topological polar surface area (TPSA) is 49.4 Å². The minimum atomic E-state index is -1.14. The van der Waals surface area contributed by atoms with Crippen LogP contribution in [0.1, 0.15) is 49.8 Å². The molecule has 0 spiro atoms. The van der Waals surface area contributed by atoms with Crippen molar-refractivity contribution in [2.45, 2.75) is 45.2 Å². The number of nitrogens with zero attached hydrogens (tertiary/aromatic N) is 1. The van der Waals surface area contributed by atoms with Crippen LogP contribution < -0.4 is 5.32 Å². The molecule has 4 nitrogen and oxygen atoms in total. The zero-order valence-corrected chi connectivity index (χ0v) is 15.3. The van der Waals surface area contributed by atoms with E-state index in [0.29, 0.717) is 17.9 Å². The van der Waals surface area contributed by atoms with Gasteiger partial charge >= 0.3 is 6.03 Å². The van der Waals surface area contributed by atoms with Crippen molar-refractivity contribution in [1.29, 1.82) is 0 Å². The molecular weight excluding hydrogens is 331 g/mol. The fourth-order valence-electron chi connectivity index (χ4n) is 3.33. The molecule has 1 aliphatic rings. The molecule has 0 unspecified atom stereocenters. The molecule has 1 N–H and O–H groups in total. The quantitative estimate of drug-likeness (QED) is 0.814. The Labute approximate surface area is 153 Å². The zero-order valence-electron chi connectivity index (χ0n) is 15.3. The highest BCUT2D eigenvalue weighted by molar-refractivity contribution is 6.07. The molecule has 26 heavy (non-hydrogen) atoms. The van der Waals surface area contributed by atoms with E-state index in [1.165, 1.54) is 22.6 Å². The van der Waals surface area contributed by atoms with Crippen molar-refractivity contribution < 1.29 is 14.0 Å². The number of urea groups is 1. The van der Waals surface area contributed by atoms with Gasteiger partial charge < -0.3 is 5.32 Å². The number of halogens is 1. The third kappa shape index (κ3) is 3.09. The number of hydrogen-bond donors (Lipinski definition) is 1. The summed E-state index contributed by atoms with van der Waals surface area (Å²) < 4.78 is 13.2. The van der Waals surface area contributed by atoms with Crippen molar-refractivity contribution in [2.75, 3.05) is 0 Å². The van der Waals surface area contributed by atoms with Gasteiger partial charge in [0.15, 0.2) is 0 Å². The highest BCUT2D eigenvalue weighted by Gasteiger charge is 2.51. The largest absolute Gasteiger partial charge is 0.325 e. The average molecular weight is 354 g/mol. The summed E-state index contributed by atoms with van der Waals surface area (Å²) >= 11 is 0. The second-order valence-electron chi connectivity index (χ2n) is 6.98. The maximum atomic E-state index is 13.2. The van der Waals surface area contributed by atoms with Gasteiger partial charge in [-0.25, -0.2) is 9.18 Å². The van der Waals surface area contributed by atoms with Crippen molar-refractivity contribution in [3.8, 4) is 0 Å². The average Bonchev–Trinajstić information content (AvgIpc) is 2.88. The van der Waals surface area contributed by atoms with Gasteiger partial charge in [-0.05, 0) is 41.2 Å². The Morgan fingerprint density at radius 3 is 2.19 bits per heavy atom. The van der Waals surface area contributed by atoms with Gasteiger partial charge in [-0.3, -0.25) is 9.69 Å². The summed E-state index contributed by atoms with van der Waals surface area (Å²) in [5.41, 5.74) is 1.56. The highest BCUT2D eigenvalue weighted by Crippen LogP contribution is 2.33. The third-order valence-electron chi connectivity index (χ3n) is 5.03. The molecule has 0 aromatic heterocycles. The lowest BCUT2D eigenvalue weighted by atomic mass is 9.87. The van der Waals surface area contributed by atoms with E-state index >= 15 is 0 Å². The van der Waals surface area contributed by atoms with Gasteiger partial charge in [0.2, 0.25) is 0 Å². The minimum Gasteiger partial charge on any atom is -0.319 e. The van der Waals surface area contributed by atoms with Crippen LogP contribution in [0.5, 0.6) is 0 Å². The van der Waals surface area contributed by atoms with E-state index in [-0.39, 0.29) is 18.3 Å². The fourth-order valence-corrected chi connectivity index (χ4v) is 3.33. The van der Waals surface area contributed by atoms with Gasteiger partial charge in [0.05, 0.1) is 6.54 Å². The molecule has 1 atom stereocenters. The summed E-state index contributed by atoms with van der Waals surface area (Å²) in [6.45, 7) is 6.28. The predicted octanol–water partition coefficient (Wildman–Crippen LogP) is 4.31. The Bertz CT molecular complexity index is 815. The summed E-state index contributed by atoms with van der Waals surface area (Å²) in [5, 5.41) is 2.82. The maximum absolute atomic E-state index is 13.2. The second kappa shape index (κ2) is 6.90. The van der Waals surface area contributed by atoms with Crippen LogP contribution in [-0.2, 0) is 16.9 Å². The Balaban J connectivity index is 1.86. The second-order valence-corrected chi connectivity index (χ2v) is 6.98. The molecule has 0 bridgehead atoms. The van der Waals surface area contributed by atoms with Gasteiger partial charge in [0.25, 0.3) is 5.91 Å². The van der Waals surface area contributed by atoms with Gasteiger partial charge in [-0.2, -0.15) is 0 Å². The molecular formula is C21H23FN2O2. The van der Waals surface area contributed by atoms with Crippen LogP contribution in [0.2, 0.25) is 0 Å². The van der Waals surface area contributed by atoms with Crippen LogP contribution in [0.4, 0.5) is 9.18 Å². The molecule has 1 saturated heterocycles. The molecule has 2 aromatic carbocycles.